The van der Waals surface area contributed by atoms with Gasteiger partial charge in [-0.05, 0) is 88.0 Å². The van der Waals surface area contributed by atoms with Gasteiger partial charge in [-0.3, -0.25) is 14.9 Å². The van der Waals surface area contributed by atoms with Crippen LogP contribution in [0.5, 0.6) is 0 Å². The zero-order valence-electron chi connectivity index (χ0n) is 20.7. The molecule has 4 rings (SSSR count). The monoisotopic (exact) mass is 502 g/mol. The summed E-state index contributed by atoms with van der Waals surface area (Å²) < 4.78 is 43.5. The van der Waals surface area contributed by atoms with E-state index in [1.54, 1.807) is 43.3 Å². The summed E-state index contributed by atoms with van der Waals surface area (Å²) in [6.45, 7) is 8.17. The number of rotatable bonds is 3. The number of carbonyl (C=O) groups excluding carboxylic acids is 2. The molecule has 4 nitrogen and oxygen atoms in total. The van der Waals surface area contributed by atoms with Gasteiger partial charge in [0.1, 0.15) is 0 Å². The lowest BCUT2D eigenvalue weighted by Crippen LogP contribution is -2.34. The Bertz CT molecular complexity index is 1260. The molecule has 1 N–H and O–H groups in total. The highest BCUT2D eigenvalue weighted by molar-refractivity contribution is 8.18. The Morgan fingerprint density at radius 3 is 2.06 bits per heavy atom. The first-order chi connectivity index (χ1) is 16.1. The van der Waals surface area contributed by atoms with Gasteiger partial charge in [0, 0.05) is 25.3 Å². The van der Waals surface area contributed by atoms with E-state index in [0.717, 1.165) is 35.7 Å². The summed E-state index contributed by atoms with van der Waals surface area (Å²) in [5.41, 5.74) is 2.10. The minimum atomic E-state index is -4.55. The summed E-state index contributed by atoms with van der Waals surface area (Å²) in [5.74, 6) is -0.507. The molecule has 2 aromatic rings. The quantitative estimate of drug-likeness (QED) is 0.455. The van der Waals surface area contributed by atoms with Gasteiger partial charge in [0.15, 0.2) is 0 Å². The topological polar surface area (TPSA) is 49.4 Å². The molecule has 186 valence electrons. The molecule has 1 saturated heterocycles. The van der Waals surface area contributed by atoms with Crippen LogP contribution in [0.25, 0.3) is 17.2 Å². The fraction of sp³-hybridized carbons (Fsp3) is 0.407. The molecule has 2 aliphatic rings. The van der Waals surface area contributed by atoms with Crippen LogP contribution in [0.2, 0.25) is 0 Å². The molecule has 0 bridgehead atoms. The smallest absolute Gasteiger partial charge is 0.377 e. The summed E-state index contributed by atoms with van der Waals surface area (Å²) in [5, 5.41) is 1.74. The Morgan fingerprint density at radius 2 is 1.54 bits per heavy atom. The lowest BCUT2D eigenvalue weighted by molar-refractivity contribution is -0.137. The van der Waals surface area contributed by atoms with E-state index in [9.17, 15) is 22.8 Å². The van der Waals surface area contributed by atoms with Crippen molar-refractivity contribution in [3.63, 3.8) is 0 Å². The molecule has 1 heterocycles. The molecule has 1 aliphatic carbocycles. The minimum Gasteiger partial charge on any atom is -0.377 e. The predicted octanol–water partition coefficient (Wildman–Crippen LogP) is 7.11. The first-order valence-corrected chi connectivity index (χ1v) is 12.2. The Balaban J connectivity index is 2.00. The minimum absolute atomic E-state index is 0.116. The van der Waals surface area contributed by atoms with Gasteiger partial charge >= 0.3 is 6.18 Å². The van der Waals surface area contributed by atoms with E-state index in [1.807, 2.05) is 13.8 Å². The van der Waals surface area contributed by atoms with E-state index in [0.29, 0.717) is 16.8 Å². The SMILES string of the molecule is CN(C)c1ccc(/C=C2\SC(=O)NC2=O)cc1-c1cc2c(cc1C(F)(F)F)C(C)(C)CCC2(C)C. The predicted molar refractivity (Wildman–Crippen MR) is 136 cm³/mol. The van der Waals surface area contributed by atoms with Crippen molar-refractivity contribution in [3.05, 3.63) is 57.5 Å². The van der Waals surface area contributed by atoms with Gasteiger partial charge in [-0.2, -0.15) is 13.2 Å². The molecule has 0 saturated carbocycles. The zero-order valence-corrected chi connectivity index (χ0v) is 21.5. The van der Waals surface area contributed by atoms with Crippen LogP contribution < -0.4 is 10.2 Å². The van der Waals surface area contributed by atoms with Crippen molar-refractivity contribution in [1.29, 1.82) is 0 Å². The van der Waals surface area contributed by atoms with E-state index in [1.165, 1.54) is 12.1 Å². The van der Waals surface area contributed by atoms with Gasteiger partial charge in [0.25, 0.3) is 11.1 Å². The number of hydrogen-bond acceptors (Lipinski definition) is 4. The first kappa shape index (κ1) is 25.4. The number of hydrogen-bond donors (Lipinski definition) is 1. The van der Waals surface area contributed by atoms with Crippen LogP contribution in [0, 0.1) is 0 Å². The Morgan fingerprint density at radius 1 is 0.943 bits per heavy atom. The molecular formula is C27H29F3N2O2S. The molecule has 0 spiro atoms. The van der Waals surface area contributed by atoms with Crippen LogP contribution in [0.3, 0.4) is 0 Å². The maximum Gasteiger partial charge on any atom is 0.417 e. The van der Waals surface area contributed by atoms with Crippen LogP contribution in [0.15, 0.2) is 35.2 Å². The van der Waals surface area contributed by atoms with Crippen molar-refractivity contribution < 1.29 is 22.8 Å². The summed E-state index contributed by atoms with van der Waals surface area (Å²) in [6.07, 6.45) is -1.32. The largest absolute Gasteiger partial charge is 0.417 e. The standard InChI is InChI=1S/C27H29F3N2O2S/c1-25(2)9-10-26(3,4)20-14-18(27(28,29)30)16(13-19(20)25)17-11-15(7-8-21(17)32(5)6)12-22-23(33)31-24(34)35-22/h7-8,11-14H,9-10H2,1-6H3,(H,31,33,34)/b22-12-. The molecule has 0 aromatic heterocycles. The molecular weight excluding hydrogens is 473 g/mol. The van der Waals surface area contributed by atoms with Crippen LogP contribution in [0.1, 0.15) is 62.8 Å². The first-order valence-electron chi connectivity index (χ1n) is 11.4. The molecule has 1 fully saturated rings. The third kappa shape index (κ3) is 4.73. The van der Waals surface area contributed by atoms with E-state index < -0.39 is 22.9 Å². The van der Waals surface area contributed by atoms with Crippen LogP contribution in [-0.4, -0.2) is 25.2 Å². The average molecular weight is 503 g/mol. The number of thioether (sulfide) groups is 1. The normalized spacial score (nSPS) is 20.1. The van der Waals surface area contributed by atoms with Crippen molar-refractivity contribution in [2.45, 2.75) is 57.5 Å². The number of amides is 2. The maximum atomic E-state index is 14.5. The van der Waals surface area contributed by atoms with Crippen molar-refractivity contribution in [2.75, 3.05) is 19.0 Å². The number of carbonyl (C=O) groups is 2. The Labute approximate surface area is 208 Å². The fourth-order valence-electron chi connectivity index (χ4n) is 4.89. The van der Waals surface area contributed by atoms with E-state index in [-0.39, 0.29) is 21.3 Å². The number of alkyl halides is 3. The molecule has 2 amide bonds. The highest BCUT2D eigenvalue weighted by Gasteiger charge is 2.42. The van der Waals surface area contributed by atoms with Crippen LogP contribution in [0.4, 0.5) is 23.7 Å². The van der Waals surface area contributed by atoms with E-state index >= 15 is 0 Å². The molecule has 0 atom stereocenters. The molecule has 2 aromatic carbocycles. The second-order valence-corrected chi connectivity index (χ2v) is 11.7. The summed E-state index contributed by atoms with van der Waals surface area (Å²) >= 11 is 0.777. The van der Waals surface area contributed by atoms with Gasteiger partial charge in [-0.15, -0.1) is 0 Å². The summed E-state index contributed by atoms with van der Waals surface area (Å²) in [7, 11) is 3.57. The number of benzene rings is 2. The average Bonchev–Trinajstić information content (AvgIpc) is 3.06. The molecule has 8 heteroatoms. The Hall–Kier alpha value is -2.74. The lowest BCUT2D eigenvalue weighted by Gasteiger charge is -2.42. The Kier molecular flexibility index (Phi) is 6.11. The molecule has 0 radical (unpaired) electrons. The molecule has 1 aliphatic heterocycles. The van der Waals surface area contributed by atoms with Crippen molar-refractivity contribution in [3.8, 4) is 11.1 Å². The summed E-state index contributed by atoms with van der Waals surface area (Å²) in [6, 6.07) is 8.21. The van der Waals surface area contributed by atoms with Crippen molar-refractivity contribution in [2.24, 2.45) is 0 Å². The highest BCUT2D eigenvalue weighted by Crippen LogP contribution is 2.51. The number of fused-ring (bicyclic) bond motifs is 1. The van der Waals surface area contributed by atoms with Crippen molar-refractivity contribution in [1.82, 2.24) is 5.32 Å². The van der Waals surface area contributed by atoms with Crippen molar-refractivity contribution >= 4 is 34.7 Å². The maximum absolute atomic E-state index is 14.5. The van der Waals surface area contributed by atoms with Gasteiger partial charge in [-0.25, -0.2) is 0 Å². The second kappa shape index (κ2) is 8.43. The third-order valence-electron chi connectivity index (χ3n) is 7.03. The number of halogens is 3. The highest BCUT2D eigenvalue weighted by atomic mass is 32.2. The van der Waals surface area contributed by atoms with Gasteiger partial charge in [-0.1, -0.05) is 33.8 Å². The van der Waals surface area contributed by atoms with Gasteiger partial charge in [0.05, 0.1) is 10.5 Å². The van der Waals surface area contributed by atoms with Gasteiger partial charge < -0.3 is 4.90 Å². The zero-order chi connectivity index (χ0) is 25.9. The fourth-order valence-corrected chi connectivity index (χ4v) is 5.58. The lowest BCUT2D eigenvalue weighted by atomic mass is 9.62. The third-order valence-corrected chi connectivity index (χ3v) is 7.84. The summed E-state index contributed by atoms with van der Waals surface area (Å²) in [4.78, 5) is 25.6. The van der Waals surface area contributed by atoms with E-state index in [2.05, 4.69) is 19.2 Å². The second-order valence-electron chi connectivity index (χ2n) is 10.7. The van der Waals surface area contributed by atoms with E-state index in [4.69, 9.17) is 0 Å². The van der Waals surface area contributed by atoms with Gasteiger partial charge in [0.2, 0.25) is 0 Å². The number of nitrogens with one attached hydrogen (secondary N) is 1. The molecule has 0 unspecified atom stereocenters. The number of imide groups is 1. The van der Waals surface area contributed by atoms with Crippen LogP contribution in [-0.2, 0) is 21.8 Å². The molecule has 35 heavy (non-hydrogen) atoms. The number of nitrogens with zero attached hydrogens (tertiary/aromatic N) is 1. The van der Waals surface area contributed by atoms with Crippen LogP contribution >= 0.6 is 11.8 Å². The number of anilines is 1.